The Morgan fingerprint density at radius 3 is 2.37 bits per heavy atom. The third-order valence-corrected chi connectivity index (χ3v) is 3.99. The molecule has 0 spiro atoms. The molecule has 30 heavy (non-hydrogen) atoms. The zero-order valence-corrected chi connectivity index (χ0v) is 16.9. The van der Waals surface area contributed by atoms with Crippen LogP contribution in [0.2, 0.25) is 0 Å². The fraction of sp³-hybridized carbons (Fsp3) is 0.350. The van der Waals surface area contributed by atoms with E-state index in [1.165, 1.54) is 17.9 Å². The second-order valence-electron chi connectivity index (χ2n) is 7.60. The van der Waals surface area contributed by atoms with Crippen molar-refractivity contribution in [1.82, 2.24) is 19.3 Å². The summed E-state index contributed by atoms with van der Waals surface area (Å²) in [5.41, 5.74) is 0.0235. The molecule has 0 aliphatic carbocycles. The molecule has 0 N–H and O–H groups in total. The predicted octanol–water partition coefficient (Wildman–Crippen LogP) is 4.66. The molecular weight excluding hydrogens is 401 g/mol. The molecular formula is C20H21F3N4O3. The Kier molecular flexibility index (Phi) is 5.60. The fourth-order valence-electron chi connectivity index (χ4n) is 2.55. The van der Waals surface area contributed by atoms with Crippen molar-refractivity contribution in [2.45, 2.75) is 39.2 Å². The molecule has 160 valence electrons. The SMILES string of the molecule is Cn1nc(C(F)(F)F)cc1COc1ccc(-c2cn(C(=O)OC(C)(C)C)cn2)cc1. The van der Waals surface area contributed by atoms with Crippen LogP contribution < -0.4 is 4.74 Å². The predicted molar refractivity (Wildman–Crippen MR) is 102 cm³/mol. The van der Waals surface area contributed by atoms with Crippen molar-refractivity contribution in [2.24, 2.45) is 7.05 Å². The van der Waals surface area contributed by atoms with Gasteiger partial charge in [0.2, 0.25) is 0 Å². The van der Waals surface area contributed by atoms with E-state index in [1.54, 1.807) is 51.2 Å². The summed E-state index contributed by atoms with van der Waals surface area (Å²) in [7, 11) is 1.43. The van der Waals surface area contributed by atoms with Crippen LogP contribution in [0, 0.1) is 0 Å². The second-order valence-corrected chi connectivity index (χ2v) is 7.60. The number of ether oxygens (including phenoxy) is 2. The van der Waals surface area contributed by atoms with Gasteiger partial charge in [-0.3, -0.25) is 4.68 Å². The normalized spacial score (nSPS) is 12.1. The third kappa shape index (κ3) is 5.19. The number of carbonyl (C=O) groups excluding carboxylic acids is 1. The first-order valence-corrected chi connectivity index (χ1v) is 9.03. The topological polar surface area (TPSA) is 71.2 Å². The monoisotopic (exact) mass is 422 g/mol. The van der Waals surface area contributed by atoms with E-state index in [-0.39, 0.29) is 6.61 Å². The van der Waals surface area contributed by atoms with Gasteiger partial charge in [-0.15, -0.1) is 0 Å². The van der Waals surface area contributed by atoms with E-state index in [0.29, 0.717) is 17.1 Å². The number of rotatable bonds is 4. The molecule has 0 saturated heterocycles. The standard InChI is InChI=1S/C20H21F3N4O3/c1-19(2,3)30-18(28)27-10-16(24-12-27)13-5-7-15(8-6-13)29-11-14-9-17(20(21,22)23)25-26(14)4/h5-10,12H,11H2,1-4H3. The number of alkyl halides is 3. The molecule has 7 nitrogen and oxygen atoms in total. The van der Waals surface area contributed by atoms with E-state index in [1.807, 2.05) is 0 Å². The van der Waals surface area contributed by atoms with Gasteiger partial charge < -0.3 is 9.47 Å². The number of imidazole rings is 1. The lowest BCUT2D eigenvalue weighted by atomic mass is 10.1. The van der Waals surface area contributed by atoms with E-state index >= 15 is 0 Å². The summed E-state index contributed by atoms with van der Waals surface area (Å²) in [6, 6.07) is 7.77. The smallest absolute Gasteiger partial charge is 0.435 e. The highest BCUT2D eigenvalue weighted by atomic mass is 19.4. The maximum Gasteiger partial charge on any atom is 0.435 e. The van der Waals surface area contributed by atoms with Gasteiger partial charge in [-0.05, 0) is 51.1 Å². The van der Waals surface area contributed by atoms with Crippen LogP contribution in [0.5, 0.6) is 5.75 Å². The van der Waals surface area contributed by atoms with Crippen molar-refractivity contribution in [1.29, 1.82) is 0 Å². The largest absolute Gasteiger partial charge is 0.487 e. The summed E-state index contributed by atoms with van der Waals surface area (Å²) < 4.78 is 51.4. The van der Waals surface area contributed by atoms with E-state index in [2.05, 4.69) is 10.1 Å². The molecule has 0 amide bonds. The van der Waals surface area contributed by atoms with Crippen molar-refractivity contribution >= 4 is 6.09 Å². The van der Waals surface area contributed by atoms with Crippen molar-refractivity contribution in [3.63, 3.8) is 0 Å². The molecule has 2 heterocycles. The molecule has 1 aromatic carbocycles. The summed E-state index contributed by atoms with van der Waals surface area (Å²) in [6.07, 6.45) is -2.11. The number of nitrogens with zero attached hydrogens (tertiary/aromatic N) is 4. The molecule has 10 heteroatoms. The Morgan fingerprint density at radius 2 is 1.80 bits per heavy atom. The van der Waals surface area contributed by atoms with Crippen LogP contribution in [0.15, 0.2) is 42.9 Å². The molecule has 0 atom stereocenters. The zero-order chi connectivity index (χ0) is 22.1. The first-order valence-electron chi connectivity index (χ1n) is 9.03. The van der Waals surface area contributed by atoms with Crippen molar-refractivity contribution < 1.29 is 27.4 Å². The van der Waals surface area contributed by atoms with Crippen molar-refractivity contribution in [3.8, 4) is 17.0 Å². The van der Waals surface area contributed by atoms with Gasteiger partial charge in [-0.1, -0.05) is 0 Å². The minimum absolute atomic E-state index is 0.0633. The highest BCUT2D eigenvalue weighted by Crippen LogP contribution is 2.29. The molecule has 0 aliphatic rings. The molecule has 0 radical (unpaired) electrons. The maximum absolute atomic E-state index is 12.7. The zero-order valence-electron chi connectivity index (χ0n) is 16.9. The average molecular weight is 422 g/mol. The lowest BCUT2D eigenvalue weighted by molar-refractivity contribution is -0.141. The van der Waals surface area contributed by atoms with Gasteiger partial charge in [0.05, 0.1) is 11.4 Å². The highest BCUT2D eigenvalue weighted by molar-refractivity contribution is 5.73. The Morgan fingerprint density at radius 1 is 1.13 bits per heavy atom. The number of carbonyl (C=O) groups is 1. The fourth-order valence-corrected chi connectivity index (χ4v) is 2.55. The molecule has 0 fully saturated rings. The highest BCUT2D eigenvalue weighted by Gasteiger charge is 2.34. The minimum atomic E-state index is -4.50. The second kappa shape index (κ2) is 7.85. The summed E-state index contributed by atoms with van der Waals surface area (Å²) >= 11 is 0. The number of aromatic nitrogens is 4. The van der Waals surface area contributed by atoms with Gasteiger partial charge in [0.25, 0.3) is 0 Å². The van der Waals surface area contributed by atoms with Crippen LogP contribution in [-0.4, -0.2) is 31.0 Å². The van der Waals surface area contributed by atoms with E-state index in [4.69, 9.17) is 9.47 Å². The molecule has 3 aromatic rings. The lowest BCUT2D eigenvalue weighted by Crippen LogP contribution is -2.26. The Balaban J connectivity index is 1.65. The van der Waals surface area contributed by atoms with Crippen LogP contribution in [0.25, 0.3) is 11.3 Å². The molecule has 3 rings (SSSR count). The van der Waals surface area contributed by atoms with Crippen LogP contribution in [0.1, 0.15) is 32.2 Å². The van der Waals surface area contributed by atoms with E-state index < -0.39 is 23.6 Å². The average Bonchev–Trinajstić information content (AvgIpc) is 3.26. The first kappa shape index (κ1) is 21.4. The molecule has 0 aliphatic heterocycles. The van der Waals surface area contributed by atoms with E-state index in [0.717, 1.165) is 16.3 Å². The van der Waals surface area contributed by atoms with Gasteiger partial charge in [0.15, 0.2) is 5.69 Å². The first-order chi connectivity index (χ1) is 13.9. The van der Waals surface area contributed by atoms with Gasteiger partial charge in [-0.2, -0.15) is 18.3 Å². The van der Waals surface area contributed by atoms with Gasteiger partial charge in [0.1, 0.15) is 24.3 Å². The Bertz CT molecular complexity index is 1030. The van der Waals surface area contributed by atoms with Crippen LogP contribution >= 0.6 is 0 Å². The number of benzene rings is 1. The van der Waals surface area contributed by atoms with Crippen LogP contribution in [0.4, 0.5) is 18.0 Å². The quantitative estimate of drug-likeness (QED) is 0.611. The van der Waals surface area contributed by atoms with Gasteiger partial charge >= 0.3 is 12.3 Å². The number of hydrogen-bond donors (Lipinski definition) is 0. The lowest BCUT2D eigenvalue weighted by Gasteiger charge is -2.19. The minimum Gasteiger partial charge on any atom is -0.487 e. The summed E-state index contributed by atoms with van der Waals surface area (Å²) in [5.74, 6) is 0.472. The Labute approximate surface area is 171 Å². The van der Waals surface area contributed by atoms with Crippen molar-refractivity contribution in [2.75, 3.05) is 0 Å². The van der Waals surface area contributed by atoms with Crippen LogP contribution in [0.3, 0.4) is 0 Å². The van der Waals surface area contributed by atoms with Crippen molar-refractivity contribution in [3.05, 3.63) is 54.2 Å². The number of halogens is 3. The summed E-state index contributed by atoms with van der Waals surface area (Å²) in [6.45, 7) is 5.26. The Hall–Kier alpha value is -3.30. The molecule has 0 bridgehead atoms. The molecule has 0 saturated carbocycles. The third-order valence-electron chi connectivity index (χ3n) is 3.99. The summed E-state index contributed by atoms with van der Waals surface area (Å²) in [5, 5.41) is 3.45. The maximum atomic E-state index is 12.7. The van der Waals surface area contributed by atoms with E-state index in [9.17, 15) is 18.0 Å². The number of hydrogen-bond acceptors (Lipinski definition) is 5. The number of aryl methyl sites for hydroxylation is 1. The molecule has 0 unspecified atom stereocenters. The van der Waals surface area contributed by atoms with Gasteiger partial charge in [-0.25, -0.2) is 14.3 Å². The van der Waals surface area contributed by atoms with Crippen LogP contribution in [-0.2, 0) is 24.6 Å². The van der Waals surface area contributed by atoms with Gasteiger partial charge in [0, 0.05) is 18.8 Å². The molecule has 2 aromatic heterocycles. The summed E-state index contributed by atoms with van der Waals surface area (Å²) in [4.78, 5) is 16.3.